The maximum absolute atomic E-state index is 13.2. The summed E-state index contributed by atoms with van der Waals surface area (Å²) in [6, 6.07) is 9.82. The van der Waals surface area contributed by atoms with Crippen LogP contribution in [0, 0.1) is 0 Å². The first-order valence-corrected chi connectivity index (χ1v) is 10.7. The maximum Gasteiger partial charge on any atom is 0.410 e. The van der Waals surface area contributed by atoms with Crippen molar-refractivity contribution in [1.82, 2.24) is 14.5 Å². The van der Waals surface area contributed by atoms with Gasteiger partial charge >= 0.3 is 6.09 Å². The number of rotatable bonds is 6. The molecule has 0 spiro atoms. The van der Waals surface area contributed by atoms with E-state index in [4.69, 9.17) is 4.74 Å². The van der Waals surface area contributed by atoms with E-state index >= 15 is 0 Å². The van der Waals surface area contributed by atoms with E-state index in [9.17, 15) is 14.7 Å². The summed E-state index contributed by atoms with van der Waals surface area (Å²) in [6.07, 6.45) is 2.63. The van der Waals surface area contributed by atoms with Crippen LogP contribution in [0.5, 0.6) is 0 Å². The number of benzene rings is 1. The largest absolute Gasteiger partial charge is 0.444 e. The smallest absolute Gasteiger partial charge is 0.410 e. The monoisotopic (exact) mass is 428 g/mol. The van der Waals surface area contributed by atoms with Crippen LogP contribution in [0.2, 0.25) is 0 Å². The van der Waals surface area contributed by atoms with E-state index in [2.05, 4.69) is 4.98 Å². The highest BCUT2D eigenvalue weighted by molar-refractivity contribution is 5.68. The summed E-state index contributed by atoms with van der Waals surface area (Å²) in [5.74, 6) is 0.398. The molecule has 1 N–H and O–H groups in total. The molecular weight excluding hydrogens is 396 g/mol. The number of carbonyl (C=O) groups is 1. The Bertz CT molecular complexity index is 929. The lowest BCUT2D eigenvalue weighted by atomic mass is 10.2. The summed E-state index contributed by atoms with van der Waals surface area (Å²) >= 11 is 0. The average Bonchev–Trinajstić information content (AvgIpc) is 2.74. The molecule has 1 amide bonds. The molecule has 31 heavy (non-hydrogen) atoms. The third-order valence-corrected chi connectivity index (χ3v) is 5.02. The zero-order valence-electron chi connectivity index (χ0n) is 18.6. The van der Waals surface area contributed by atoms with Crippen LogP contribution in [0.3, 0.4) is 0 Å². The van der Waals surface area contributed by atoms with Gasteiger partial charge in [0.05, 0.1) is 12.2 Å². The molecule has 1 aliphatic rings. The second-order valence-electron chi connectivity index (χ2n) is 8.76. The molecule has 1 saturated heterocycles. The average molecular weight is 429 g/mol. The van der Waals surface area contributed by atoms with Gasteiger partial charge in [-0.25, -0.2) is 9.78 Å². The second kappa shape index (κ2) is 9.96. The predicted octanol–water partition coefficient (Wildman–Crippen LogP) is 2.27. The van der Waals surface area contributed by atoms with Gasteiger partial charge in [-0.3, -0.25) is 4.79 Å². The number of hydrogen-bond acceptors (Lipinski definition) is 6. The van der Waals surface area contributed by atoms with E-state index in [0.29, 0.717) is 51.4 Å². The molecule has 1 aromatic carbocycles. The summed E-state index contributed by atoms with van der Waals surface area (Å²) in [5, 5.41) is 9.21. The summed E-state index contributed by atoms with van der Waals surface area (Å²) in [7, 11) is 0. The zero-order valence-corrected chi connectivity index (χ0v) is 18.6. The Morgan fingerprint density at radius 1 is 1.13 bits per heavy atom. The van der Waals surface area contributed by atoms with Crippen LogP contribution in [0.1, 0.15) is 38.4 Å². The highest BCUT2D eigenvalue weighted by Gasteiger charge is 2.27. The van der Waals surface area contributed by atoms with Crippen molar-refractivity contribution in [3.8, 4) is 0 Å². The number of amides is 1. The molecule has 1 fully saturated rings. The van der Waals surface area contributed by atoms with E-state index in [1.165, 1.54) is 0 Å². The molecule has 0 bridgehead atoms. The van der Waals surface area contributed by atoms with Crippen LogP contribution in [-0.4, -0.2) is 64.0 Å². The zero-order chi connectivity index (χ0) is 22.4. The van der Waals surface area contributed by atoms with Crippen LogP contribution in [0.15, 0.2) is 41.3 Å². The lowest BCUT2D eigenvalue weighted by Crippen LogP contribution is -2.51. The number of nitrogens with zero attached hydrogens (tertiary/aromatic N) is 4. The molecule has 0 aliphatic carbocycles. The molecule has 3 rings (SSSR count). The van der Waals surface area contributed by atoms with Gasteiger partial charge in [-0.1, -0.05) is 30.3 Å². The van der Waals surface area contributed by atoms with E-state index in [0.717, 1.165) is 11.3 Å². The van der Waals surface area contributed by atoms with Crippen molar-refractivity contribution in [3.63, 3.8) is 0 Å². The van der Waals surface area contributed by atoms with E-state index in [1.807, 2.05) is 56.0 Å². The third kappa shape index (κ3) is 6.30. The highest BCUT2D eigenvalue weighted by Crippen LogP contribution is 2.15. The molecule has 0 radical (unpaired) electrons. The van der Waals surface area contributed by atoms with Crippen molar-refractivity contribution in [2.75, 3.05) is 37.7 Å². The molecule has 1 aliphatic heterocycles. The Kier molecular flexibility index (Phi) is 7.33. The fraction of sp³-hybridized carbons (Fsp3) is 0.522. The first-order valence-electron chi connectivity index (χ1n) is 10.7. The molecule has 0 atom stereocenters. The van der Waals surface area contributed by atoms with E-state index < -0.39 is 5.60 Å². The van der Waals surface area contributed by atoms with Gasteiger partial charge in [0.25, 0.3) is 5.56 Å². The van der Waals surface area contributed by atoms with Gasteiger partial charge in [0.1, 0.15) is 5.60 Å². The molecule has 1 aromatic heterocycles. The Morgan fingerprint density at radius 2 is 1.81 bits per heavy atom. The molecule has 168 valence electrons. The highest BCUT2D eigenvalue weighted by atomic mass is 16.6. The predicted molar refractivity (Wildman–Crippen MR) is 119 cm³/mol. The minimum atomic E-state index is -0.540. The fourth-order valence-corrected chi connectivity index (χ4v) is 3.49. The Morgan fingerprint density at radius 3 is 2.42 bits per heavy atom. The van der Waals surface area contributed by atoms with Gasteiger partial charge in [-0.05, 0) is 39.2 Å². The number of anilines is 1. The van der Waals surface area contributed by atoms with Crippen molar-refractivity contribution in [2.45, 2.75) is 45.8 Å². The van der Waals surface area contributed by atoms with Gasteiger partial charge < -0.3 is 24.2 Å². The normalized spacial score (nSPS) is 14.6. The van der Waals surface area contributed by atoms with Gasteiger partial charge in [0.15, 0.2) is 5.82 Å². The van der Waals surface area contributed by atoms with Gasteiger partial charge in [-0.2, -0.15) is 0 Å². The number of ether oxygens (including phenoxy) is 1. The molecule has 8 nitrogen and oxygen atoms in total. The lowest BCUT2D eigenvalue weighted by Gasteiger charge is -2.36. The molecule has 8 heteroatoms. The summed E-state index contributed by atoms with van der Waals surface area (Å²) in [4.78, 5) is 33.8. The van der Waals surface area contributed by atoms with Gasteiger partial charge in [-0.15, -0.1) is 0 Å². The maximum atomic E-state index is 13.2. The summed E-state index contributed by atoms with van der Waals surface area (Å²) in [5.41, 5.74) is 1.11. The Balaban J connectivity index is 1.79. The van der Waals surface area contributed by atoms with E-state index in [1.54, 1.807) is 15.7 Å². The van der Waals surface area contributed by atoms with Crippen molar-refractivity contribution in [1.29, 1.82) is 0 Å². The molecule has 0 saturated carbocycles. The van der Waals surface area contributed by atoms with Crippen LogP contribution in [0.25, 0.3) is 0 Å². The van der Waals surface area contributed by atoms with Crippen LogP contribution < -0.4 is 10.5 Å². The number of aromatic nitrogens is 2. The van der Waals surface area contributed by atoms with Gasteiger partial charge in [0.2, 0.25) is 0 Å². The second-order valence-corrected chi connectivity index (χ2v) is 8.76. The van der Waals surface area contributed by atoms with Gasteiger partial charge in [0, 0.05) is 39.0 Å². The minimum absolute atomic E-state index is 0.0728. The molecule has 2 heterocycles. The number of hydrogen-bond donors (Lipinski definition) is 1. The quantitative estimate of drug-likeness (QED) is 0.760. The Hall–Kier alpha value is -2.87. The molecule has 2 aromatic rings. The third-order valence-electron chi connectivity index (χ3n) is 5.02. The molecular formula is C23H32N4O4. The number of piperazine rings is 1. The molecule has 0 unspecified atom stereocenters. The van der Waals surface area contributed by atoms with Crippen molar-refractivity contribution < 1.29 is 14.6 Å². The van der Waals surface area contributed by atoms with Crippen molar-refractivity contribution in [3.05, 3.63) is 58.1 Å². The minimum Gasteiger partial charge on any atom is -0.444 e. The fourth-order valence-electron chi connectivity index (χ4n) is 3.49. The van der Waals surface area contributed by atoms with Crippen molar-refractivity contribution in [2.24, 2.45) is 0 Å². The summed E-state index contributed by atoms with van der Waals surface area (Å²) < 4.78 is 7.14. The summed E-state index contributed by atoms with van der Waals surface area (Å²) in [6.45, 7) is 8.02. The van der Waals surface area contributed by atoms with E-state index in [-0.39, 0.29) is 18.3 Å². The van der Waals surface area contributed by atoms with Crippen LogP contribution >= 0.6 is 0 Å². The standard InChI is InChI=1S/C23H32N4O4/c1-23(2,3)31-22(30)26-13-11-25(12-14-26)20-21(29)27(16-18-8-5-4-6-9-18)17-19(24-20)10-7-15-28/h4-6,8-9,17,28H,7,10-16H2,1-3H3. The Labute approximate surface area is 183 Å². The van der Waals surface area contributed by atoms with Crippen LogP contribution in [-0.2, 0) is 17.7 Å². The number of aliphatic hydroxyl groups is 1. The first-order chi connectivity index (χ1) is 14.8. The lowest BCUT2D eigenvalue weighted by molar-refractivity contribution is 0.0240. The number of carbonyl (C=O) groups excluding carboxylic acids is 1. The SMILES string of the molecule is CC(C)(C)OC(=O)N1CCN(c2nc(CCCO)cn(Cc3ccccc3)c2=O)CC1. The number of aryl methyl sites for hydroxylation is 1. The topological polar surface area (TPSA) is 87.9 Å². The first kappa shape index (κ1) is 22.8. The van der Waals surface area contributed by atoms with Crippen LogP contribution in [0.4, 0.5) is 10.6 Å². The number of aliphatic hydroxyl groups excluding tert-OH is 1. The van der Waals surface area contributed by atoms with Crippen molar-refractivity contribution >= 4 is 11.9 Å².